The SMILES string of the molecule is COC(=O)CSc1cc(CCO[Si](C)(C)C(C)(C)C)ccc1Cl. The predicted octanol–water partition coefficient (Wildman–Crippen LogP) is 5.17. The Morgan fingerprint density at radius 3 is 2.52 bits per heavy atom. The van der Waals surface area contributed by atoms with Gasteiger partial charge in [0.2, 0.25) is 0 Å². The highest BCUT2D eigenvalue weighted by molar-refractivity contribution is 8.00. The third kappa shape index (κ3) is 6.49. The number of ether oxygens (including phenoxy) is 1. The molecule has 130 valence electrons. The van der Waals surface area contributed by atoms with Crippen molar-refractivity contribution in [3.05, 3.63) is 28.8 Å². The van der Waals surface area contributed by atoms with Gasteiger partial charge in [0.25, 0.3) is 0 Å². The van der Waals surface area contributed by atoms with E-state index >= 15 is 0 Å². The minimum atomic E-state index is -1.71. The summed E-state index contributed by atoms with van der Waals surface area (Å²) in [7, 11) is -0.323. The van der Waals surface area contributed by atoms with Gasteiger partial charge in [0.05, 0.1) is 17.9 Å². The first-order valence-electron chi connectivity index (χ1n) is 7.69. The lowest BCUT2D eigenvalue weighted by Gasteiger charge is -2.36. The Morgan fingerprint density at radius 1 is 1.30 bits per heavy atom. The van der Waals surface area contributed by atoms with Crippen LogP contribution in [0.4, 0.5) is 0 Å². The molecule has 0 aliphatic carbocycles. The average molecular weight is 375 g/mol. The van der Waals surface area contributed by atoms with Crippen LogP contribution in [0.2, 0.25) is 23.2 Å². The Labute approximate surface area is 150 Å². The topological polar surface area (TPSA) is 35.5 Å². The molecule has 0 atom stereocenters. The molecule has 1 aromatic rings. The zero-order valence-corrected chi connectivity index (χ0v) is 17.4. The first-order chi connectivity index (χ1) is 10.6. The van der Waals surface area contributed by atoms with Crippen LogP contribution >= 0.6 is 23.4 Å². The second-order valence-electron chi connectivity index (χ2n) is 6.99. The second kappa shape index (κ2) is 8.56. The molecule has 0 radical (unpaired) electrons. The number of hydrogen-bond acceptors (Lipinski definition) is 4. The number of methoxy groups -OCH3 is 1. The summed E-state index contributed by atoms with van der Waals surface area (Å²) in [5.41, 5.74) is 1.17. The lowest BCUT2D eigenvalue weighted by molar-refractivity contribution is -0.137. The molecule has 0 amide bonds. The first kappa shape index (κ1) is 20.6. The van der Waals surface area contributed by atoms with Gasteiger partial charge in [0.1, 0.15) is 0 Å². The fourth-order valence-corrected chi connectivity index (χ4v) is 3.81. The summed E-state index contributed by atoms with van der Waals surface area (Å²) < 4.78 is 10.9. The quantitative estimate of drug-likeness (QED) is 0.374. The van der Waals surface area contributed by atoms with Gasteiger partial charge in [-0.3, -0.25) is 4.79 Å². The fraction of sp³-hybridized carbons (Fsp3) is 0.588. The molecule has 1 rings (SSSR count). The molecule has 0 N–H and O–H groups in total. The van der Waals surface area contributed by atoms with Crippen molar-refractivity contribution in [3.8, 4) is 0 Å². The molecule has 23 heavy (non-hydrogen) atoms. The largest absolute Gasteiger partial charge is 0.468 e. The molecule has 0 saturated heterocycles. The molecule has 0 aliphatic rings. The third-order valence-electron chi connectivity index (χ3n) is 4.23. The van der Waals surface area contributed by atoms with Gasteiger partial charge < -0.3 is 9.16 Å². The van der Waals surface area contributed by atoms with Gasteiger partial charge >= 0.3 is 5.97 Å². The maximum Gasteiger partial charge on any atom is 0.315 e. The van der Waals surface area contributed by atoms with E-state index in [1.807, 2.05) is 18.2 Å². The normalized spacial score (nSPS) is 12.3. The molecule has 0 aliphatic heterocycles. The van der Waals surface area contributed by atoms with Crippen molar-refractivity contribution in [3.63, 3.8) is 0 Å². The molecule has 0 unspecified atom stereocenters. The smallest absolute Gasteiger partial charge is 0.315 e. The van der Waals surface area contributed by atoms with Gasteiger partial charge in [0.15, 0.2) is 8.32 Å². The summed E-state index contributed by atoms with van der Waals surface area (Å²) in [4.78, 5) is 12.2. The molecule has 0 aromatic heterocycles. The van der Waals surface area contributed by atoms with E-state index in [1.165, 1.54) is 24.4 Å². The van der Waals surface area contributed by atoms with Crippen molar-refractivity contribution in [1.29, 1.82) is 0 Å². The first-order valence-corrected chi connectivity index (χ1v) is 12.0. The van der Waals surface area contributed by atoms with Crippen LogP contribution in [0.15, 0.2) is 23.1 Å². The van der Waals surface area contributed by atoms with Crippen LogP contribution in [0, 0.1) is 0 Å². The molecule has 6 heteroatoms. The standard InChI is InChI=1S/C17H27ClO3SSi/c1-17(2,3)23(5,6)21-10-9-13-7-8-14(18)15(11-13)22-12-16(19)20-4/h7-8,11H,9-10,12H2,1-6H3. The summed E-state index contributed by atoms with van der Waals surface area (Å²) in [5, 5.41) is 0.877. The van der Waals surface area contributed by atoms with Crippen molar-refractivity contribution in [2.75, 3.05) is 19.5 Å². The Morgan fingerprint density at radius 2 is 1.96 bits per heavy atom. The van der Waals surface area contributed by atoms with Crippen LogP contribution in [-0.4, -0.2) is 33.8 Å². The van der Waals surface area contributed by atoms with Crippen LogP contribution in [0.3, 0.4) is 0 Å². The van der Waals surface area contributed by atoms with E-state index < -0.39 is 8.32 Å². The molecule has 0 spiro atoms. The van der Waals surface area contributed by atoms with Crippen LogP contribution < -0.4 is 0 Å². The molecule has 0 saturated carbocycles. The molecular formula is C17H27ClO3SSi. The van der Waals surface area contributed by atoms with Gasteiger partial charge in [0, 0.05) is 11.5 Å². The van der Waals surface area contributed by atoms with Crippen molar-refractivity contribution in [1.82, 2.24) is 0 Å². The Balaban J connectivity index is 2.63. The maximum atomic E-state index is 11.3. The van der Waals surface area contributed by atoms with E-state index in [0.717, 1.165) is 11.3 Å². The Bertz CT molecular complexity index is 541. The minimum absolute atomic E-state index is 0.217. The van der Waals surface area contributed by atoms with Crippen molar-refractivity contribution in [2.24, 2.45) is 0 Å². The second-order valence-corrected chi connectivity index (χ2v) is 13.2. The number of esters is 1. The van der Waals surface area contributed by atoms with Crippen LogP contribution in [0.5, 0.6) is 0 Å². The van der Waals surface area contributed by atoms with E-state index in [9.17, 15) is 4.79 Å². The molecule has 1 aromatic carbocycles. The molecule has 3 nitrogen and oxygen atoms in total. The number of halogens is 1. The van der Waals surface area contributed by atoms with Crippen LogP contribution in [0.1, 0.15) is 26.3 Å². The molecular weight excluding hydrogens is 348 g/mol. The predicted molar refractivity (Wildman–Crippen MR) is 101 cm³/mol. The van der Waals surface area contributed by atoms with Crippen molar-refractivity contribution >= 4 is 37.6 Å². The summed E-state index contributed by atoms with van der Waals surface area (Å²) in [6.07, 6.45) is 0.843. The highest BCUT2D eigenvalue weighted by Crippen LogP contribution is 2.36. The molecule has 0 bridgehead atoms. The number of rotatable bonds is 7. The van der Waals surface area contributed by atoms with Crippen LogP contribution in [0.25, 0.3) is 0 Å². The molecule has 0 heterocycles. The minimum Gasteiger partial charge on any atom is -0.468 e. The number of carbonyl (C=O) groups is 1. The fourth-order valence-electron chi connectivity index (χ4n) is 1.65. The van der Waals surface area contributed by atoms with Crippen molar-refractivity contribution in [2.45, 2.75) is 50.2 Å². The number of benzene rings is 1. The lowest BCUT2D eigenvalue weighted by atomic mass is 10.2. The average Bonchev–Trinajstić information content (AvgIpc) is 2.45. The van der Waals surface area contributed by atoms with E-state index in [2.05, 4.69) is 38.6 Å². The van der Waals surface area contributed by atoms with Gasteiger partial charge in [-0.15, -0.1) is 11.8 Å². The third-order valence-corrected chi connectivity index (χ3v) is 10.2. The summed E-state index contributed by atoms with van der Waals surface area (Å²) in [6, 6.07) is 5.92. The summed E-state index contributed by atoms with van der Waals surface area (Å²) >= 11 is 7.59. The highest BCUT2D eigenvalue weighted by atomic mass is 35.5. The number of carbonyl (C=O) groups excluding carboxylic acids is 1. The Kier molecular flexibility index (Phi) is 7.65. The van der Waals surface area contributed by atoms with E-state index in [0.29, 0.717) is 11.6 Å². The summed E-state index contributed by atoms with van der Waals surface area (Å²) in [6.45, 7) is 11.9. The Hall–Kier alpha value is -0.493. The zero-order chi connectivity index (χ0) is 17.7. The van der Waals surface area contributed by atoms with E-state index in [4.69, 9.17) is 16.0 Å². The zero-order valence-electron chi connectivity index (χ0n) is 14.9. The van der Waals surface area contributed by atoms with Crippen molar-refractivity contribution < 1.29 is 14.0 Å². The molecule has 0 fully saturated rings. The van der Waals surface area contributed by atoms with E-state index in [1.54, 1.807) is 0 Å². The lowest BCUT2D eigenvalue weighted by Crippen LogP contribution is -2.41. The van der Waals surface area contributed by atoms with E-state index in [-0.39, 0.29) is 16.8 Å². The highest BCUT2D eigenvalue weighted by Gasteiger charge is 2.36. The number of thioether (sulfide) groups is 1. The number of hydrogen-bond donors (Lipinski definition) is 0. The summed E-state index contributed by atoms with van der Waals surface area (Å²) in [5.74, 6) is 0.0119. The van der Waals surface area contributed by atoms with Gasteiger partial charge in [-0.1, -0.05) is 38.4 Å². The maximum absolute atomic E-state index is 11.3. The van der Waals surface area contributed by atoms with Gasteiger partial charge in [-0.25, -0.2) is 0 Å². The van der Waals surface area contributed by atoms with Gasteiger partial charge in [-0.2, -0.15) is 0 Å². The monoisotopic (exact) mass is 374 g/mol. The van der Waals surface area contributed by atoms with Crippen LogP contribution in [-0.2, 0) is 20.4 Å². The van der Waals surface area contributed by atoms with Gasteiger partial charge in [-0.05, 0) is 42.2 Å².